The molecule has 0 heterocycles. The lowest BCUT2D eigenvalue weighted by molar-refractivity contribution is -0.118. The van der Waals surface area contributed by atoms with Gasteiger partial charge in [0.2, 0.25) is 0 Å². The Labute approximate surface area is 160 Å². The van der Waals surface area contributed by atoms with Crippen LogP contribution in [0.5, 0.6) is 11.5 Å². The number of ether oxygens (including phenoxy) is 3. The zero-order chi connectivity index (χ0) is 18.9. The average molecular weight is 422 g/mol. The number of rotatable bonds is 8. The molecule has 26 heavy (non-hydrogen) atoms. The number of halogens is 1. The smallest absolute Gasteiger partial charge is 0.338 e. The minimum atomic E-state index is -0.426. The molecule has 1 amide bonds. The Morgan fingerprint density at radius 3 is 2.46 bits per heavy atom. The fraction of sp³-hybridized carbons (Fsp3) is 0.263. The molecule has 2 aromatic rings. The van der Waals surface area contributed by atoms with Crippen molar-refractivity contribution in [3.05, 3.63) is 52.5 Å². The van der Waals surface area contributed by atoms with Gasteiger partial charge >= 0.3 is 5.97 Å². The molecule has 2 rings (SSSR count). The molecular formula is C19H20BrNO5. The van der Waals surface area contributed by atoms with E-state index in [0.29, 0.717) is 29.4 Å². The van der Waals surface area contributed by atoms with Gasteiger partial charge in [0.05, 0.1) is 19.3 Å². The van der Waals surface area contributed by atoms with Crippen molar-refractivity contribution in [2.24, 2.45) is 0 Å². The topological polar surface area (TPSA) is 73.9 Å². The molecule has 2 aromatic carbocycles. The van der Waals surface area contributed by atoms with E-state index >= 15 is 0 Å². The summed E-state index contributed by atoms with van der Waals surface area (Å²) in [6.07, 6.45) is 0.748. The number of carbonyl (C=O) groups is 2. The van der Waals surface area contributed by atoms with Crippen molar-refractivity contribution in [3.8, 4) is 11.5 Å². The fourth-order valence-corrected chi connectivity index (χ4v) is 2.33. The highest BCUT2D eigenvalue weighted by Crippen LogP contribution is 2.28. The van der Waals surface area contributed by atoms with Gasteiger partial charge in [-0.15, -0.1) is 0 Å². The molecule has 0 aliphatic heterocycles. The third-order valence-electron chi connectivity index (χ3n) is 3.32. The number of hydrogen-bond acceptors (Lipinski definition) is 5. The highest BCUT2D eigenvalue weighted by Gasteiger charge is 2.13. The summed E-state index contributed by atoms with van der Waals surface area (Å²) in [4.78, 5) is 23.9. The molecule has 0 atom stereocenters. The summed E-state index contributed by atoms with van der Waals surface area (Å²) in [6, 6.07) is 11.9. The number of benzene rings is 2. The predicted molar refractivity (Wildman–Crippen MR) is 102 cm³/mol. The Balaban J connectivity index is 1.96. The Bertz CT molecular complexity index is 761. The summed E-state index contributed by atoms with van der Waals surface area (Å²) < 4.78 is 16.7. The molecule has 0 unspecified atom stereocenters. The van der Waals surface area contributed by atoms with Gasteiger partial charge in [-0.25, -0.2) is 4.79 Å². The number of carbonyl (C=O) groups excluding carboxylic acids is 2. The SMILES string of the molecule is CCCOC(=O)c1ccc(OCC(=O)Nc2ccc(Br)cc2)c(OC)c1. The Hall–Kier alpha value is -2.54. The molecule has 6 nitrogen and oxygen atoms in total. The first-order valence-electron chi connectivity index (χ1n) is 8.07. The Kier molecular flexibility index (Phi) is 7.47. The maximum absolute atomic E-state index is 12.0. The molecule has 0 bridgehead atoms. The van der Waals surface area contributed by atoms with Gasteiger partial charge in [-0.3, -0.25) is 4.79 Å². The van der Waals surface area contributed by atoms with Gasteiger partial charge in [0.1, 0.15) is 0 Å². The molecule has 1 N–H and O–H groups in total. The number of esters is 1. The molecular weight excluding hydrogens is 402 g/mol. The average Bonchev–Trinajstić information content (AvgIpc) is 2.66. The fourth-order valence-electron chi connectivity index (χ4n) is 2.07. The van der Waals surface area contributed by atoms with Crippen molar-refractivity contribution in [3.63, 3.8) is 0 Å². The van der Waals surface area contributed by atoms with Crippen LogP contribution in [-0.4, -0.2) is 32.2 Å². The van der Waals surface area contributed by atoms with E-state index in [4.69, 9.17) is 14.2 Å². The highest BCUT2D eigenvalue weighted by atomic mass is 79.9. The number of anilines is 1. The monoisotopic (exact) mass is 421 g/mol. The van der Waals surface area contributed by atoms with Crippen molar-refractivity contribution in [1.29, 1.82) is 0 Å². The summed E-state index contributed by atoms with van der Waals surface area (Å²) in [5, 5.41) is 2.73. The van der Waals surface area contributed by atoms with Crippen LogP contribution in [0.25, 0.3) is 0 Å². The Morgan fingerprint density at radius 2 is 1.81 bits per heavy atom. The van der Waals surface area contributed by atoms with E-state index in [-0.39, 0.29) is 12.5 Å². The van der Waals surface area contributed by atoms with E-state index in [1.165, 1.54) is 13.2 Å². The van der Waals surface area contributed by atoms with E-state index in [9.17, 15) is 9.59 Å². The van der Waals surface area contributed by atoms with E-state index in [2.05, 4.69) is 21.2 Å². The zero-order valence-corrected chi connectivity index (χ0v) is 16.2. The van der Waals surface area contributed by atoms with Crippen molar-refractivity contribution in [1.82, 2.24) is 0 Å². The molecule has 0 fully saturated rings. The second-order valence-corrected chi connectivity index (χ2v) is 6.26. The van der Waals surface area contributed by atoms with Crippen LogP contribution in [0, 0.1) is 0 Å². The minimum Gasteiger partial charge on any atom is -0.493 e. The van der Waals surface area contributed by atoms with Crippen molar-refractivity contribution in [2.75, 3.05) is 25.6 Å². The summed E-state index contributed by atoms with van der Waals surface area (Å²) in [7, 11) is 1.46. The van der Waals surface area contributed by atoms with Crippen LogP contribution < -0.4 is 14.8 Å². The second-order valence-electron chi connectivity index (χ2n) is 5.35. The zero-order valence-electron chi connectivity index (χ0n) is 14.6. The molecule has 7 heteroatoms. The van der Waals surface area contributed by atoms with Crippen molar-refractivity contribution >= 4 is 33.5 Å². The van der Waals surface area contributed by atoms with Crippen molar-refractivity contribution < 1.29 is 23.8 Å². The predicted octanol–water partition coefficient (Wildman–Crippen LogP) is 4.04. The molecule has 0 aliphatic carbocycles. The first-order valence-corrected chi connectivity index (χ1v) is 8.86. The van der Waals surface area contributed by atoms with E-state index in [1.807, 2.05) is 19.1 Å². The van der Waals surface area contributed by atoms with Crippen LogP contribution in [0.2, 0.25) is 0 Å². The lowest BCUT2D eigenvalue weighted by Crippen LogP contribution is -2.20. The summed E-state index contributed by atoms with van der Waals surface area (Å²) >= 11 is 3.33. The lowest BCUT2D eigenvalue weighted by Gasteiger charge is -2.12. The molecule has 0 aromatic heterocycles. The molecule has 0 radical (unpaired) electrons. The van der Waals surface area contributed by atoms with Crippen LogP contribution >= 0.6 is 15.9 Å². The summed E-state index contributed by atoms with van der Waals surface area (Å²) in [6.45, 7) is 2.09. The molecule has 0 spiro atoms. The number of hydrogen-bond donors (Lipinski definition) is 1. The van der Waals surface area contributed by atoms with Crippen LogP contribution in [0.4, 0.5) is 5.69 Å². The maximum Gasteiger partial charge on any atom is 0.338 e. The molecule has 0 saturated heterocycles. The van der Waals surface area contributed by atoms with Gasteiger partial charge in [-0.05, 0) is 48.9 Å². The second kappa shape index (κ2) is 9.82. The van der Waals surface area contributed by atoms with Gasteiger partial charge in [-0.2, -0.15) is 0 Å². The van der Waals surface area contributed by atoms with Gasteiger partial charge < -0.3 is 19.5 Å². The van der Waals surface area contributed by atoms with Crippen LogP contribution in [0.15, 0.2) is 46.9 Å². The minimum absolute atomic E-state index is 0.188. The maximum atomic E-state index is 12.0. The van der Waals surface area contributed by atoms with Crippen LogP contribution in [-0.2, 0) is 9.53 Å². The van der Waals surface area contributed by atoms with Crippen molar-refractivity contribution in [2.45, 2.75) is 13.3 Å². The molecule has 0 aliphatic rings. The van der Waals surface area contributed by atoms with E-state index in [0.717, 1.165) is 10.9 Å². The summed E-state index contributed by atoms with van der Waals surface area (Å²) in [5.41, 5.74) is 1.03. The normalized spacial score (nSPS) is 10.1. The standard InChI is InChI=1S/C19H20BrNO5/c1-3-10-25-19(23)13-4-9-16(17(11-13)24-2)26-12-18(22)21-15-7-5-14(20)6-8-15/h4-9,11H,3,10,12H2,1-2H3,(H,21,22). The number of amides is 1. The third-order valence-corrected chi connectivity index (χ3v) is 3.85. The lowest BCUT2D eigenvalue weighted by atomic mass is 10.2. The quantitative estimate of drug-likeness (QED) is 0.650. The summed E-state index contributed by atoms with van der Waals surface area (Å²) in [5.74, 6) is -0.0108. The molecule has 0 saturated carbocycles. The van der Waals surface area contributed by atoms with Gasteiger partial charge in [0.25, 0.3) is 5.91 Å². The first-order chi connectivity index (χ1) is 12.5. The van der Waals surface area contributed by atoms with E-state index < -0.39 is 5.97 Å². The Morgan fingerprint density at radius 1 is 1.08 bits per heavy atom. The number of nitrogens with one attached hydrogen (secondary N) is 1. The third kappa shape index (κ3) is 5.77. The van der Waals surface area contributed by atoms with Gasteiger partial charge in [0, 0.05) is 10.2 Å². The van der Waals surface area contributed by atoms with Gasteiger partial charge in [0.15, 0.2) is 18.1 Å². The van der Waals surface area contributed by atoms with Gasteiger partial charge in [-0.1, -0.05) is 22.9 Å². The van der Waals surface area contributed by atoms with Crippen LogP contribution in [0.1, 0.15) is 23.7 Å². The molecule has 138 valence electrons. The first kappa shape index (κ1) is 19.8. The number of methoxy groups -OCH3 is 1. The highest BCUT2D eigenvalue weighted by molar-refractivity contribution is 9.10. The largest absolute Gasteiger partial charge is 0.493 e. The van der Waals surface area contributed by atoms with Crippen LogP contribution in [0.3, 0.4) is 0 Å². The van der Waals surface area contributed by atoms with E-state index in [1.54, 1.807) is 24.3 Å².